The molecule has 2 aromatic carbocycles. The zero-order valence-electron chi connectivity index (χ0n) is 23.1. The summed E-state index contributed by atoms with van der Waals surface area (Å²) in [5.74, 6) is -0.151. The average Bonchev–Trinajstić information content (AvgIpc) is 3.00. The van der Waals surface area contributed by atoms with Crippen molar-refractivity contribution in [3.05, 3.63) is 75.8 Å². The number of non-ortho nitro benzene ring substituents is 1. The number of rotatable bonds is 11. The zero-order valence-corrected chi connectivity index (χ0v) is 23.1. The summed E-state index contributed by atoms with van der Waals surface area (Å²) in [7, 11) is 0. The number of amides is 3. The lowest BCUT2D eigenvalue weighted by atomic mass is 9.94. The number of hydrogen-bond acceptors (Lipinski definition) is 6. The molecule has 216 valence electrons. The van der Waals surface area contributed by atoms with Crippen molar-refractivity contribution in [3.63, 3.8) is 0 Å². The van der Waals surface area contributed by atoms with Crippen molar-refractivity contribution in [2.45, 2.75) is 57.0 Å². The van der Waals surface area contributed by atoms with Crippen molar-refractivity contribution in [1.29, 1.82) is 0 Å². The standard InChI is InChI=1S/C30H41N5O5/c36-22-21-34(16-15-24-7-3-1-4-8-24)30(38)31-28(23-25-11-13-27(14-12-25)35(39)40)29(37)33-19-17-32(18-20-33)26-9-5-2-6-10-26/h1,3-4,7-8,11-14,26,28,36H,2,5-6,9-10,15-23H2,(H,31,38)/t28-/m0/s1. The lowest BCUT2D eigenvalue weighted by Crippen LogP contribution is -2.58. The summed E-state index contributed by atoms with van der Waals surface area (Å²) in [5, 5.41) is 23.6. The molecule has 10 heteroatoms. The molecular weight excluding hydrogens is 510 g/mol. The van der Waals surface area contributed by atoms with Gasteiger partial charge in [0.2, 0.25) is 5.91 Å². The van der Waals surface area contributed by atoms with E-state index in [0.29, 0.717) is 32.1 Å². The Labute approximate surface area is 236 Å². The van der Waals surface area contributed by atoms with Crippen molar-refractivity contribution in [2.24, 2.45) is 0 Å². The van der Waals surface area contributed by atoms with Gasteiger partial charge in [0.25, 0.3) is 5.69 Å². The lowest BCUT2D eigenvalue weighted by molar-refractivity contribution is -0.384. The van der Waals surface area contributed by atoms with E-state index < -0.39 is 17.0 Å². The molecule has 1 aliphatic carbocycles. The zero-order chi connectivity index (χ0) is 28.3. The van der Waals surface area contributed by atoms with Gasteiger partial charge in [0.1, 0.15) is 6.04 Å². The molecule has 1 saturated heterocycles. The fraction of sp³-hybridized carbons (Fsp3) is 0.533. The van der Waals surface area contributed by atoms with Crippen molar-refractivity contribution in [3.8, 4) is 0 Å². The quantitative estimate of drug-likeness (QED) is 0.327. The molecule has 40 heavy (non-hydrogen) atoms. The van der Waals surface area contributed by atoms with Gasteiger partial charge >= 0.3 is 6.03 Å². The maximum Gasteiger partial charge on any atom is 0.318 e. The maximum absolute atomic E-state index is 13.8. The second-order valence-electron chi connectivity index (χ2n) is 10.7. The summed E-state index contributed by atoms with van der Waals surface area (Å²) >= 11 is 0. The smallest absolute Gasteiger partial charge is 0.318 e. The van der Waals surface area contributed by atoms with Gasteiger partial charge in [0.15, 0.2) is 0 Å². The van der Waals surface area contributed by atoms with Crippen LogP contribution in [0.1, 0.15) is 43.2 Å². The Hall–Kier alpha value is -3.50. The van der Waals surface area contributed by atoms with Crippen LogP contribution in [0.3, 0.4) is 0 Å². The van der Waals surface area contributed by atoms with Gasteiger partial charge in [-0.3, -0.25) is 19.8 Å². The molecule has 4 rings (SSSR count). The Morgan fingerprint density at radius 1 is 0.950 bits per heavy atom. The third-order valence-corrected chi connectivity index (χ3v) is 8.07. The number of carbonyl (C=O) groups excluding carboxylic acids is 2. The maximum atomic E-state index is 13.8. The van der Waals surface area contributed by atoms with Gasteiger partial charge in [0.05, 0.1) is 11.5 Å². The third-order valence-electron chi connectivity index (χ3n) is 8.07. The highest BCUT2D eigenvalue weighted by Crippen LogP contribution is 2.24. The van der Waals surface area contributed by atoms with Crippen molar-refractivity contribution in [2.75, 3.05) is 45.9 Å². The van der Waals surface area contributed by atoms with Crippen molar-refractivity contribution < 1.29 is 19.6 Å². The molecule has 2 aromatic rings. The molecular formula is C30H41N5O5. The first kappa shape index (κ1) is 29.5. The van der Waals surface area contributed by atoms with Crippen LogP contribution >= 0.6 is 0 Å². The van der Waals surface area contributed by atoms with E-state index in [2.05, 4.69) is 10.2 Å². The van der Waals surface area contributed by atoms with Crippen LogP contribution in [0.4, 0.5) is 10.5 Å². The summed E-state index contributed by atoms with van der Waals surface area (Å²) in [6.07, 6.45) is 7.11. The second kappa shape index (κ2) is 14.8. The number of nitro benzene ring substituents is 1. The first-order valence-corrected chi connectivity index (χ1v) is 14.4. The lowest BCUT2D eigenvalue weighted by Gasteiger charge is -2.41. The normalized spacial score (nSPS) is 17.3. The molecule has 0 radical (unpaired) electrons. The molecule has 2 aliphatic rings. The molecule has 1 heterocycles. The molecule has 0 aromatic heterocycles. The number of hydrogen-bond donors (Lipinski definition) is 2. The Morgan fingerprint density at radius 2 is 1.62 bits per heavy atom. The molecule has 1 atom stereocenters. The highest BCUT2D eigenvalue weighted by Gasteiger charge is 2.32. The minimum atomic E-state index is -0.826. The van der Waals surface area contributed by atoms with Gasteiger partial charge < -0.3 is 20.2 Å². The topological polar surface area (TPSA) is 119 Å². The Bertz CT molecular complexity index is 1100. The van der Waals surface area contributed by atoms with E-state index in [1.165, 1.54) is 49.1 Å². The van der Waals surface area contributed by atoms with E-state index in [-0.39, 0.29) is 31.2 Å². The second-order valence-corrected chi connectivity index (χ2v) is 10.7. The SMILES string of the molecule is O=C(N[C@@H](Cc1ccc([N+](=O)[O-])cc1)C(=O)N1CCN(C2CCCCC2)CC1)N(CCO)CCc1ccccc1. The fourth-order valence-corrected chi connectivity index (χ4v) is 5.75. The highest BCUT2D eigenvalue weighted by molar-refractivity contribution is 5.87. The van der Waals surface area contributed by atoms with Crippen LogP contribution in [-0.4, -0.2) is 94.6 Å². The number of carbonyl (C=O) groups is 2. The summed E-state index contributed by atoms with van der Waals surface area (Å²) in [5.41, 5.74) is 1.78. The highest BCUT2D eigenvalue weighted by atomic mass is 16.6. The number of nitrogens with one attached hydrogen (secondary N) is 1. The van der Waals surface area contributed by atoms with Crippen molar-refractivity contribution in [1.82, 2.24) is 20.0 Å². The summed E-state index contributed by atoms with van der Waals surface area (Å²) in [6.45, 7) is 3.22. The van der Waals surface area contributed by atoms with Crippen LogP contribution in [0, 0.1) is 10.1 Å². The van der Waals surface area contributed by atoms with E-state index in [1.807, 2.05) is 35.2 Å². The van der Waals surface area contributed by atoms with E-state index >= 15 is 0 Å². The molecule has 0 unspecified atom stereocenters. The summed E-state index contributed by atoms with van der Waals surface area (Å²) in [4.78, 5) is 43.6. The van der Waals surface area contributed by atoms with E-state index in [0.717, 1.165) is 24.2 Å². The van der Waals surface area contributed by atoms with Gasteiger partial charge in [-0.2, -0.15) is 0 Å². The first-order chi connectivity index (χ1) is 19.4. The van der Waals surface area contributed by atoms with Gasteiger partial charge in [0, 0.05) is 63.9 Å². The average molecular weight is 552 g/mol. The van der Waals surface area contributed by atoms with E-state index in [9.17, 15) is 24.8 Å². The minimum absolute atomic E-state index is 0.0236. The van der Waals surface area contributed by atoms with Crippen molar-refractivity contribution >= 4 is 17.6 Å². The van der Waals surface area contributed by atoms with Gasteiger partial charge in [-0.05, 0) is 30.4 Å². The van der Waals surface area contributed by atoms with E-state index in [1.54, 1.807) is 12.1 Å². The number of aliphatic hydroxyl groups excluding tert-OH is 1. The number of piperazine rings is 1. The molecule has 2 N–H and O–H groups in total. The number of nitro groups is 1. The largest absolute Gasteiger partial charge is 0.395 e. The summed E-state index contributed by atoms with van der Waals surface area (Å²) < 4.78 is 0. The Balaban J connectivity index is 1.44. The number of aliphatic hydroxyl groups is 1. The molecule has 0 bridgehead atoms. The summed E-state index contributed by atoms with van der Waals surface area (Å²) in [6, 6.07) is 15.3. The van der Waals surface area contributed by atoms with Crippen LogP contribution in [0.25, 0.3) is 0 Å². The molecule has 3 amide bonds. The van der Waals surface area contributed by atoms with E-state index in [4.69, 9.17) is 0 Å². The molecule has 0 spiro atoms. The van der Waals surface area contributed by atoms with Gasteiger partial charge in [-0.15, -0.1) is 0 Å². The monoisotopic (exact) mass is 551 g/mol. The fourth-order valence-electron chi connectivity index (χ4n) is 5.75. The number of benzene rings is 2. The third kappa shape index (κ3) is 8.25. The number of urea groups is 1. The molecule has 10 nitrogen and oxygen atoms in total. The van der Waals surface area contributed by atoms with Crippen LogP contribution in [0.15, 0.2) is 54.6 Å². The van der Waals surface area contributed by atoms with Crippen LogP contribution in [0.2, 0.25) is 0 Å². The number of nitrogens with zero attached hydrogens (tertiary/aromatic N) is 4. The van der Waals surface area contributed by atoms with Gasteiger partial charge in [-0.1, -0.05) is 61.7 Å². The first-order valence-electron chi connectivity index (χ1n) is 14.4. The van der Waals surface area contributed by atoms with Crippen LogP contribution in [-0.2, 0) is 17.6 Å². The van der Waals surface area contributed by atoms with Gasteiger partial charge in [-0.25, -0.2) is 4.79 Å². The predicted molar refractivity (Wildman–Crippen MR) is 153 cm³/mol. The van der Waals surface area contributed by atoms with Crippen LogP contribution in [0.5, 0.6) is 0 Å². The molecule has 1 saturated carbocycles. The Kier molecular flexibility index (Phi) is 10.9. The van der Waals surface area contributed by atoms with Crippen LogP contribution < -0.4 is 5.32 Å². The minimum Gasteiger partial charge on any atom is -0.395 e. The predicted octanol–water partition coefficient (Wildman–Crippen LogP) is 3.23. The molecule has 1 aliphatic heterocycles. The Morgan fingerprint density at radius 3 is 2.25 bits per heavy atom. The molecule has 2 fully saturated rings.